The molecule has 24 nitrogen and oxygen atoms in total. The first kappa shape index (κ1) is 55.7. The summed E-state index contributed by atoms with van der Waals surface area (Å²) in [6.45, 7) is 5.04. The summed E-state index contributed by atoms with van der Waals surface area (Å²) in [4.78, 5) is 142. The number of primary amides is 1. The van der Waals surface area contributed by atoms with Crippen LogP contribution in [0.4, 0.5) is 4.79 Å². The molecule has 6 rings (SSSR count). The number of carbonyl (C=O) groups excluding carboxylic acids is 9. The molecule has 74 heavy (non-hydrogen) atoms. The fourth-order valence-electron chi connectivity index (χ4n) is 8.27. The fourth-order valence-corrected chi connectivity index (χ4v) is 10.6. The summed E-state index contributed by atoms with van der Waals surface area (Å²) in [6.07, 6.45) is 4.81. The van der Waals surface area contributed by atoms with Crippen molar-refractivity contribution in [2.75, 3.05) is 18.1 Å². The molecule has 0 radical (unpaired) electrons. The number of nitrogens with one attached hydrogen (secondary N) is 9. The van der Waals surface area contributed by atoms with Gasteiger partial charge in [0.25, 0.3) is 5.91 Å². The number of urea groups is 1. The third kappa shape index (κ3) is 15.0. The molecule has 10 amide bonds. The molecule has 2 aliphatic heterocycles. The molecule has 15 N–H and O–H groups in total. The summed E-state index contributed by atoms with van der Waals surface area (Å²) in [5.41, 5.74) is 19.4. The Morgan fingerprint density at radius 1 is 0.730 bits per heavy atom. The Hall–Kier alpha value is -7.61. The maximum atomic E-state index is 14.6. The Morgan fingerprint density at radius 3 is 2.03 bits per heavy atom. The third-order valence-electron chi connectivity index (χ3n) is 12.6. The predicted octanol–water partition coefficient (Wildman–Crippen LogP) is -0.883. The van der Waals surface area contributed by atoms with Crippen molar-refractivity contribution >= 4 is 91.7 Å². The van der Waals surface area contributed by atoms with Crippen LogP contribution in [-0.2, 0) is 57.6 Å². The molecule has 0 aliphatic carbocycles. The van der Waals surface area contributed by atoms with Crippen LogP contribution >= 0.6 is 21.6 Å². The van der Waals surface area contributed by atoms with E-state index in [-0.39, 0.29) is 62.0 Å². The standard InChI is InChI=1S/C48H63N15O9S2/c1-4-25(2)38-46(71)63(48(72)62-38)37-23-74-73-22-36(39(49)64)61-43(68)34(18-28-20-54-31-14-9-8-13-30(28)31)60-41(66)32(15-10-16-53-47(50)51)57-42(67)33(17-27-11-6-5-7-12-27)59-44(69)35(19-29-21-52-24-55-29)58-40(65)26(3)56-45(37)70/h5-9,11-14,20-21,24-26,32-38,54H,4,10,15-19,22-23H2,1-3H3,(H2,49,64)(H,52,55)(H,56,70)(H,57,67)(H,58,65)(H,59,69)(H,60,66)(H,61,68)(H,62,72)(H4,50,51,53)/t25-,26+,32-,33+,34-,35-,36-,37-,38-/m0/s1. The number of benzene rings is 2. The number of guanidine groups is 1. The third-order valence-corrected chi connectivity index (χ3v) is 15.0. The van der Waals surface area contributed by atoms with Gasteiger partial charge in [-0.3, -0.25) is 43.3 Å². The number of rotatable bonds is 14. The Kier molecular flexibility index (Phi) is 19.9. The number of para-hydroxylation sites is 1. The zero-order valence-electron chi connectivity index (χ0n) is 41.1. The fraction of sp³-hybridized carbons (Fsp3) is 0.438. The minimum atomic E-state index is -1.49. The first-order chi connectivity index (χ1) is 35.4. The van der Waals surface area contributed by atoms with Crippen molar-refractivity contribution in [2.24, 2.45) is 28.1 Å². The quantitative estimate of drug-likeness (QED) is 0.0240. The number of aromatic nitrogens is 3. The number of aromatic amines is 2. The number of hydrogen-bond acceptors (Lipinski definition) is 13. The van der Waals surface area contributed by atoms with Gasteiger partial charge in [-0.1, -0.05) is 90.4 Å². The number of imide groups is 1. The van der Waals surface area contributed by atoms with Crippen LogP contribution in [0.15, 0.2) is 78.3 Å². The predicted molar refractivity (Wildman–Crippen MR) is 278 cm³/mol. The molecule has 0 saturated carbocycles. The molecule has 2 fully saturated rings. The first-order valence-electron chi connectivity index (χ1n) is 24.0. The number of hydrogen-bond donors (Lipinski definition) is 12. The number of imidazole rings is 1. The van der Waals surface area contributed by atoms with E-state index in [9.17, 15) is 43.2 Å². The highest BCUT2D eigenvalue weighted by atomic mass is 33.1. The van der Waals surface area contributed by atoms with Crippen LogP contribution in [0, 0.1) is 5.92 Å². The summed E-state index contributed by atoms with van der Waals surface area (Å²) < 4.78 is 0. The number of H-pyrrole nitrogens is 2. The Morgan fingerprint density at radius 2 is 1.35 bits per heavy atom. The van der Waals surface area contributed by atoms with Gasteiger partial charge in [0.1, 0.15) is 48.3 Å². The normalized spacial score (nSPS) is 24.6. The molecule has 4 heterocycles. The SMILES string of the molecule is CC[C@H](C)[C@@H]1NC(=O)N([C@H]2CSSC[C@@H](C(N)=O)NC(=O)[C@H](Cc3c[nH]c4ccccc34)NC(=O)[C@H](CCCN=C(N)N)NC(=O)[C@@H](Cc3ccccc3)NC(=O)[C@H](Cc3cnc[nH]3)NC(=O)[C@@H](C)NC2=O)C1=O. The van der Waals surface area contributed by atoms with E-state index in [1.54, 1.807) is 49.5 Å². The lowest BCUT2D eigenvalue weighted by molar-refractivity contribution is -0.137. The van der Waals surface area contributed by atoms with Gasteiger partial charge in [0.05, 0.1) is 6.33 Å². The van der Waals surface area contributed by atoms with Crippen LogP contribution in [0.2, 0.25) is 0 Å². The van der Waals surface area contributed by atoms with Crippen molar-refractivity contribution in [1.29, 1.82) is 0 Å². The maximum absolute atomic E-state index is 14.6. The molecule has 0 bridgehead atoms. The second-order valence-electron chi connectivity index (χ2n) is 18.0. The first-order valence-corrected chi connectivity index (χ1v) is 26.5. The van der Waals surface area contributed by atoms with Crippen molar-refractivity contribution < 1.29 is 43.2 Å². The number of fused-ring (bicyclic) bond motifs is 1. The minimum Gasteiger partial charge on any atom is -0.370 e. The van der Waals surface area contributed by atoms with Crippen molar-refractivity contribution in [3.63, 3.8) is 0 Å². The van der Waals surface area contributed by atoms with E-state index in [4.69, 9.17) is 17.2 Å². The lowest BCUT2D eigenvalue weighted by Crippen LogP contribution is -2.60. The minimum absolute atomic E-state index is 0.0500. The highest BCUT2D eigenvalue weighted by molar-refractivity contribution is 8.76. The van der Waals surface area contributed by atoms with Crippen molar-refractivity contribution in [3.8, 4) is 0 Å². The molecule has 2 aromatic carbocycles. The van der Waals surface area contributed by atoms with E-state index in [0.717, 1.165) is 37.4 Å². The molecule has 0 spiro atoms. The van der Waals surface area contributed by atoms with Crippen LogP contribution in [0.25, 0.3) is 10.9 Å². The molecule has 2 saturated heterocycles. The molecule has 9 atom stereocenters. The highest BCUT2D eigenvalue weighted by Gasteiger charge is 2.47. The number of amides is 10. The lowest BCUT2D eigenvalue weighted by atomic mass is 9.99. The van der Waals surface area contributed by atoms with E-state index in [2.05, 4.69) is 57.2 Å². The van der Waals surface area contributed by atoms with Crippen LogP contribution in [-0.4, -0.2) is 145 Å². The average molecular weight is 1060 g/mol. The van der Waals surface area contributed by atoms with Gasteiger partial charge in [-0.25, -0.2) is 14.7 Å². The van der Waals surface area contributed by atoms with E-state index in [1.807, 2.05) is 25.1 Å². The van der Waals surface area contributed by atoms with Gasteiger partial charge in [0.2, 0.25) is 41.4 Å². The lowest BCUT2D eigenvalue weighted by Gasteiger charge is -2.28. The van der Waals surface area contributed by atoms with Crippen LogP contribution in [0.5, 0.6) is 0 Å². The van der Waals surface area contributed by atoms with E-state index in [0.29, 0.717) is 23.2 Å². The molecule has 4 aromatic rings. The van der Waals surface area contributed by atoms with Crippen molar-refractivity contribution in [1.82, 2.24) is 57.1 Å². The second kappa shape index (κ2) is 26.4. The van der Waals surface area contributed by atoms with Crippen LogP contribution < -0.4 is 54.4 Å². The smallest absolute Gasteiger partial charge is 0.325 e. The largest absolute Gasteiger partial charge is 0.370 e. The van der Waals surface area contributed by atoms with Gasteiger partial charge < -0.3 is 64.4 Å². The van der Waals surface area contributed by atoms with Gasteiger partial charge in [0, 0.05) is 66.3 Å². The molecular formula is C48H63N15O9S2. The highest BCUT2D eigenvalue weighted by Crippen LogP contribution is 2.28. The molecule has 2 aromatic heterocycles. The maximum Gasteiger partial charge on any atom is 0.325 e. The summed E-state index contributed by atoms with van der Waals surface area (Å²) in [7, 11) is 2.00. The van der Waals surface area contributed by atoms with Crippen molar-refractivity contribution in [3.05, 3.63) is 90.1 Å². The zero-order chi connectivity index (χ0) is 53.5. The summed E-state index contributed by atoms with van der Waals surface area (Å²) in [5.74, 6) is -7.46. The summed E-state index contributed by atoms with van der Waals surface area (Å²) >= 11 is 0. The van der Waals surface area contributed by atoms with Gasteiger partial charge in [-0.2, -0.15) is 0 Å². The molecular weight excluding hydrogens is 995 g/mol. The van der Waals surface area contributed by atoms with Gasteiger partial charge >= 0.3 is 6.03 Å². The van der Waals surface area contributed by atoms with Crippen LogP contribution in [0.1, 0.15) is 56.9 Å². The van der Waals surface area contributed by atoms with E-state index in [1.165, 1.54) is 19.4 Å². The molecule has 0 unspecified atom stereocenters. The number of aliphatic imine (C=N–C) groups is 1. The summed E-state index contributed by atoms with van der Waals surface area (Å²) in [6, 6.07) is 4.56. The number of nitrogens with zero attached hydrogens (tertiary/aromatic N) is 3. The van der Waals surface area contributed by atoms with Gasteiger partial charge in [-0.15, -0.1) is 0 Å². The van der Waals surface area contributed by atoms with E-state index < -0.39 is 102 Å². The summed E-state index contributed by atoms with van der Waals surface area (Å²) in [5, 5.41) is 19.6. The molecule has 396 valence electrons. The molecule has 2 aliphatic rings. The average Bonchev–Trinajstić information content (AvgIpc) is 4.12. The van der Waals surface area contributed by atoms with Crippen LogP contribution in [0.3, 0.4) is 0 Å². The zero-order valence-corrected chi connectivity index (χ0v) is 42.7. The molecule has 26 heteroatoms. The topological polar surface area (TPSA) is 376 Å². The Labute approximate surface area is 434 Å². The van der Waals surface area contributed by atoms with Gasteiger partial charge in [0.15, 0.2) is 5.96 Å². The second-order valence-corrected chi connectivity index (χ2v) is 20.6. The number of nitrogens with two attached hydrogens (primary N) is 3. The number of carbonyl (C=O) groups is 9. The van der Waals surface area contributed by atoms with E-state index >= 15 is 0 Å². The monoisotopic (exact) mass is 1060 g/mol. The Bertz CT molecular complexity index is 2680. The van der Waals surface area contributed by atoms with Gasteiger partial charge in [-0.05, 0) is 42.9 Å². The van der Waals surface area contributed by atoms with Crippen molar-refractivity contribution in [2.45, 2.75) is 108 Å². The Balaban J connectivity index is 1.39.